The molecule has 3 N–H and O–H groups in total. The van der Waals surface area contributed by atoms with Gasteiger partial charge < -0.3 is 15.8 Å². The molecule has 1 saturated carbocycles. The Morgan fingerprint density at radius 2 is 2.22 bits per heavy atom. The molecule has 0 aromatic heterocycles. The van der Waals surface area contributed by atoms with Gasteiger partial charge in [0.05, 0.1) is 5.71 Å². The fourth-order valence-electron chi connectivity index (χ4n) is 1.78. The van der Waals surface area contributed by atoms with Crippen LogP contribution in [0.4, 0.5) is 10.5 Å². The van der Waals surface area contributed by atoms with E-state index < -0.39 is 0 Å². The Morgan fingerprint density at radius 1 is 1.44 bits per heavy atom. The molecule has 2 rings (SSSR count). The van der Waals surface area contributed by atoms with Crippen molar-refractivity contribution >= 4 is 17.4 Å². The molecule has 0 saturated heterocycles. The molecule has 0 spiro atoms. The molecule has 1 aromatic rings. The minimum atomic E-state index is -0.185. The van der Waals surface area contributed by atoms with Gasteiger partial charge >= 0.3 is 6.03 Å². The summed E-state index contributed by atoms with van der Waals surface area (Å²) in [6.45, 7) is 1.70. The second-order valence-corrected chi connectivity index (χ2v) is 4.49. The summed E-state index contributed by atoms with van der Waals surface area (Å²) < 4.78 is 0. The van der Waals surface area contributed by atoms with Crippen LogP contribution in [0, 0.1) is 0 Å². The Hall–Kier alpha value is -2.04. The summed E-state index contributed by atoms with van der Waals surface area (Å²) in [6.07, 6.45) is 3.31. The number of nitrogens with one attached hydrogen (secondary N) is 2. The Balaban J connectivity index is 1.97. The van der Waals surface area contributed by atoms with Gasteiger partial charge in [-0.15, -0.1) is 0 Å². The van der Waals surface area contributed by atoms with E-state index >= 15 is 0 Å². The Labute approximate surface area is 106 Å². The molecule has 5 nitrogen and oxygen atoms in total. The van der Waals surface area contributed by atoms with Gasteiger partial charge in [0.25, 0.3) is 0 Å². The number of hydrogen-bond acceptors (Lipinski definition) is 3. The van der Waals surface area contributed by atoms with Crippen molar-refractivity contribution in [1.29, 1.82) is 0 Å². The first-order valence-corrected chi connectivity index (χ1v) is 6.05. The zero-order valence-corrected chi connectivity index (χ0v) is 10.3. The maximum Gasteiger partial charge on any atom is 0.319 e. The van der Waals surface area contributed by atoms with Crippen LogP contribution < -0.4 is 10.6 Å². The summed E-state index contributed by atoms with van der Waals surface area (Å²) in [5.41, 5.74) is 1.98. The molecule has 1 fully saturated rings. The number of hydrogen-bond donors (Lipinski definition) is 3. The summed E-state index contributed by atoms with van der Waals surface area (Å²) in [5.74, 6) is 0. The molecule has 18 heavy (non-hydrogen) atoms. The monoisotopic (exact) mass is 247 g/mol. The van der Waals surface area contributed by atoms with Gasteiger partial charge in [0, 0.05) is 17.3 Å². The maximum atomic E-state index is 11.7. The number of carbonyl (C=O) groups is 1. The van der Waals surface area contributed by atoms with Gasteiger partial charge in [0.15, 0.2) is 0 Å². The number of rotatable bonds is 3. The second-order valence-electron chi connectivity index (χ2n) is 4.49. The molecule has 1 aliphatic carbocycles. The van der Waals surface area contributed by atoms with E-state index in [4.69, 9.17) is 5.21 Å². The molecule has 2 amide bonds. The first-order chi connectivity index (χ1) is 8.69. The Morgan fingerprint density at radius 3 is 2.83 bits per heavy atom. The van der Waals surface area contributed by atoms with Crippen molar-refractivity contribution in [2.75, 3.05) is 5.32 Å². The molecule has 1 aliphatic rings. The number of benzene rings is 1. The molecule has 0 radical (unpaired) electrons. The number of urea groups is 1. The SMILES string of the molecule is C/C(=N/O)c1cccc(NC(=O)NC2CCC2)c1. The van der Waals surface area contributed by atoms with Crippen LogP contribution in [0.1, 0.15) is 31.7 Å². The number of oxime groups is 1. The van der Waals surface area contributed by atoms with Gasteiger partial charge in [-0.1, -0.05) is 17.3 Å². The number of nitrogens with zero attached hydrogens (tertiary/aromatic N) is 1. The van der Waals surface area contributed by atoms with E-state index in [9.17, 15) is 4.79 Å². The molecule has 0 heterocycles. The Kier molecular flexibility index (Phi) is 3.82. The number of carbonyl (C=O) groups excluding carboxylic acids is 1. The largest absolute Gasteiger partial charge is 0.411 e. The molecular weight excluding hydrogens is 230 g/mol. The third-order valence-corrected chi connectivity index (χ3v) is 3.13. The summed E-state index contributed by atoms with van der Waals surface area (Å²) in [4.78, 5) is 11.7. The van der Waals surface area contributed by atoms with Gasteiger partial charge in [-0.3, -0.25) is 0 Å². The van der Waals surface area contributed by atoms with Crippen molar-refractivity contribution in [1.82, 2.24) is 5.32 Å². The second kappa shape index (κ2) is 5.53. The zero-order valence-electron chi connectivity index (χ0n) is 10.3. The highest BCUT2D eigenvalue weighted by Gasteiger charge is 2.19. The molecule has 0 aliphatic heterocycles. The van der Waals surface area contributed by atoms with Gasteiger partial charge in [0.2, 0.25) is 0 Å². The van der Waals surface area contributed by atoms with Crippen LogP contribution in [0.5, 0.6) is 0 Å². The van der Waals surface area contributed by atoms with Gasteiger partial charge in [-0.25, -0.2) is 4.79 Å². The summed E-state index contributed by atoms with van der Waals surface area (Å²) >= 11 is 0. The average molecular weight is 247 g/mol. The minimum absolute atomic E-state index is 0.185. The molecule has 0 unspecified atom stereocenters. The average Bonchev–Trinajstić information content (AvgIpc) is 2.33. The minimum Gasteiger partial charge on any atom is -0.411 e. The lowest BCUT2D eigenvalue weighted by molar-refractivity contribution is 0.240. The van der Waals surface area contributed by atoms with Crippen LogP contribution in [-0.2, 0) is 0 Å². The highest BCUT2D eigenvalue weighted by molar-refractivity contribution is 6.00. The smallest absolute Gasteiger partial charge is 0.319 e. The highest BCUT2D eigenvalue weighted by atomic mass is 16.4. The van der Waals surface area contributed by atoms with Crippen LogP contribution in [0.15, 0.2) is 29.4 Å². The predicted molar refractivity (Wildman–Crippen MR) is 70.2 cm³/mol. The molecule has 1 aromatic carbocycles. The van der Waals surface area contributed by atoms with E-state index in [1.165, 1.54) is 6.42 Å². The first-order valence-electron chi connectivity index (χ1n) is 6.05. The Bertz CT molecular complexity index is 467. The third kappa shape index (κ3) is 3.00. The molecular formula is C13H17N3O2. The van der Waals surface area contributed by atoms with Crippen molar-refractivity contribution in [3.05, 3.63) is 29.8 Å². The molecule has 96 valence electrons. The van der Waals surface area contributed by atoms with E-state index in [1.54, 1.807) is 19.1 Å². The van der Waals surface area contributed by atoms with E-state index in [0.717, 1.165) is 18.4 Å². The van der Waals surface area contributed by atoms with Crippen LogP contribution in [0.2, 0.25) is 0 Å². The fourth-order valence-corrected chi connectivity index (χ4v) is 1.78. The third-order valence-electron chi connectivity index (χ3n) is 3.13. The van der Waals surface area contributed by atoms with Crippen molar-refractivity contribution < 1.29 is 10.0 Å². The van der Waals surface area contributed by atoms with Crippen molar-refractivity contribution in [2.45, 2.75) is 32.2 Å². The number of amides is 2. The quantitative estimate of drug-likeness (QED) is 0.436. The fraction of sp³-hybridized carbons (Fsp3) is 0.385. The predicted octanol–water partition coefficient (Wildman–Crippen LogP) is 2.56. The van der Waals surface area contributed by atoms with E-state index in [1.807, 2.05) is 12.1 Å². The summed E-state index contributed by atoms with van der Waals surface area (Å²) in [6, 6.07) is 7.33. The van der Waals surface area contributed by atoms with Gasteiger partial charge in [-0.05, 0) is 38.3 Å². The molecule has 0 atom stereocenters. The topological polar surface area (TPSA) is 73.7 Å². The normalized spacial score (nSPS) is 15.9. The van der Waals surface area contributed by atoms with E-state index in [-0.39, 0.29) is 6.03 Å². The molecule has 5 heteroatoms. The maximum absolute atomic E-state index is 11.7. The van der Waals surface area contributed by atoms with E-state index in [0.29, 0.717) is 17.4 Å². The lowest BCUT2D eigenvalue weighted by Gasteiger charge is -2.26. The summed E-state index contributed by atoms with van der Waals surface area (Å²) in [7, 11) is 0. The highest BCUT2D eigenvalue weighted by Crippen LogP contribution is 2.18. The van der Waals surface area contributed by atoms with Crippen molar-refractivity contribution in [3.8, 4) is 0 Å². The van der Waals surface area contributed by atoms with Crippen LogP contribution >= 0.6 is 0 Å². The lowest BCUT2D eigenvalue weighted by Crippen LogP contribution is -2.41. The standard InChI is InChI=1S/C13H17N3O2/c1-9(16-18)10-4-2-7-12(8-10)15-13(17)14-11-5-3-6-11/h2,4,7-8,11,18H,3,5-6H2,1H3,(H2,14,15,17)/b16-9-. The van der Waals surface area contributed by atoms with Crippen molar-refractivity contribution in [3.63, 3.8) is 0 Å². The molecule has 0 bridgehead atoms. The van der Waals surface area contributed by atoms with Crippen LogP contribution in [0.3, 0.4) is 0 Å². The first kappa shape index (κ1) is 12.4. The lowest BCUT2D eigenvalue weighted by atomic mass is 9.93. The van der Waals surface area contributed by atoms with Crippen LogP contribution in [0.25, 0.3) is 0 Å². The van der Waals surface area contributed by atoms with Crippen molar-refractivity contribution in [2.24, 2.45) is 5.16 Å². The van der Waals surface area contributed by atoms with E-state index in [2.05, 4.69) is 15.8 Å². The van der Waals surface area contributed by atoms with Gasteiger partial charge in [-0.2, -0.15) is 0 Å². The zero-order chi connectivity index (χ0) is 13.0. The van der Waals surface area contributed by atoms with Gasteiger partial charge in [0.1, 0.15) is 0 Å². The summed E-state index contributed by atoms with van der Waals surface area (Å²) in [5, 5.41) is 17.5. The van der Waals surface area contributed by atoms with Crippen LogP contribution in [-0.4, -0.2) is 23.0 Å². The number of anilines is 1.